The van der Waals surface area contributed by atoms with Crippen LogP contribution in [-0.4, -0.2) is 45.4 Å². The summed E-state index contributed by atoms with van der Waals surface area (Å²) < 4.78 is 0. The fourth-order valence-corrected chi connectivity index (χ4v) is 3.01. The van der Waals surface area contributed by atoms with Gasteiger partial charge in [-0.25, -0.2) is 9.97 Å². The Bertz CT molecular complexity index is 898. The van der Waals surface area contributed by atoms with Crippen molar-refractivity contribution in [3.05, 3.63) is 84.1 Å². The normalized spacial score (nSPS) is 10.8. The van der Waals surface area contributed by atoms with Crippen LogP contribution in [-0.2, 0) is 13.0 Å². The molecular formula is C23H27N5O. The minimum atomic E-state index is -0.109. The summed E-state index contributed by atoms with van der Waals surface area (Å²) in [5, 5.41) is 0. The second-order valence-electron chi connectivity index (χ2n) is 7.30. The lowest BCUT2D eigenvalue weighted by Crippen LogP contribution is -2.37. The van der Waals surface area contributed by atoms with Crippen molar-refractivity contribution in [3.8, 4) is 0 Å². The molecule has 6 nitrogen and oxygen atoms in total. The Morgan fingerprint density at radius 3 is 2.31 bits per heavy atom. The van der Waals surface area contributed by atoms with Crippen molar-refractivity contribution in [2.24, 2.45) is 0 Å². The first-order valence-electron chi connectivity index (χ1n) is 9.81. The summed E-state index contributed by atoms with van der Waals surface area (Å²) in [5.74, 6) is 0.636. The molecule has 0 aliphatic rings. The number of carbonyl (C=O) groups is 1. The molecule has 0 bridgehead atoms. The monoisotopic (exact) mass is 389 g/mol. The third kappa shape index (κ3) is 5.60. The lowest BCUT2D eigenvalue weighted by molar-refractivity contribution is 0.0684. The molecule has 0 saturated heterocycles. The molecule has 1 aromatic carbocycles. The van der Waals surface area contributed by atoms with E-state index in [1.54, 1.807) is 24.8 Å². The van der Waals surface area contributed by atoms with Crippen molar-refractivity contribution in [1.29, 1.82) is 0 Å². The number of hydrogen-bond donors (Lipinski definition) is 0. The fourth-order valence-electron chi connectivity index (χ4n) is 3.01. The van der Waals surface area contributed by atoms with Gasteiger partial charge >= 0.3 is 0 Å². The molecule has 6 heteroatoms. The summed E-state index contributed by atoms with van der Waals surface area (Å²) in [6, 6.07) is 14.1. The van der Waals surface area contributed by atoms with Gasteiger partial charge in [-0.3, -0.25) is 9.78 Å². The quantitative estimate of drug-likeness (QED) is 0.589. The first-order chi connectivity index (χ1) is 14.0. The van der Waals surface area contributed by atoms with Gasteiger partial charge in [0, 0.05) is 38.6 Å². The van der Waals surface area contributed by atoms with E-state index >= 15 is 0 Å². The molecule has 0 N–H and O–H groups in total. The van der Waals surface area contributed by atoms with Crippen LogP contribution in [0.2, 0.25) is 0 Å². The van der Waals surface area contributed by atoms with Crippen molar-refractivity contribution in [2.75, 3.05) is 18.5 Å². The van der Waals surface area contributed by atoms with Crippen molar-refractivity contribution in [2.45, 2.75) is 32.9 Å². The maximum atomic E-state index is 13.0. The van der Waals surface area contributed by atoms with E-state index in [2.05, 4.69) is 15.0 Å². The average Bonchev–Trinajstić information content (AvgIpc) is 2.76. The molecule has 0 spiro atoms. The summed E-state index contributed by atoms with van der Waals surface area (Å²) in [6.07, 6.45) is 7.72. The van der Waals surface area contributed by atoms with Crippen LogP contribution in [0.15, 0.2) is 67.3 Å². The number of likely N-dealkylation sites (N-methyl/N-ethyl adjacent to an activating group) is 1. The van der Waals surface area contributed by atoms with E-state index in [4.69, 9.17) is 0 Å². The molecule has 0 aliphatic heterocycles. The highest BCUT2D eigenvalue weighted by atomic mass is 16.2. The minimum Gasteiger partial charge on any atom is -0.358 e. The van der Waals surface area contributed by atoms with Crippen LogP contribution in [0.4, 0.5) is 5.82 Å². The third-order valence-corrected chi connectivity index (χ3v) is 4.81. The van der Waals surface area contributed by atoms with Gasteiger partial charge in [0.15, 0.2) is 0 Å². The highest BCUT2D eigenvalue weighted by Crippen LogP contribution is 2.14. The average molecular weight is 390 g/mol. The van der Waals surface area contributed by atoms with Gasteiger partial charge in [0.2, 0.25) is 0 Å². The summed E-state index contributed by atoms with van der Waals surface area (Å²) in [5.41, 5.74) is 2.68. The predicted octanol–water partition coefficient (Wildman–Crippen LogP) is 3.60. The van der Waals surface area contributed by atoms with E-state index in [-0.39, 0.29) is 11.9 Å². The Hall–Kier alpha value is -3.28. The lowest BCUT2D eigenvalue weighted by atomic mass is 10.2. The first-order valence-corrected chi connectivity index (χ1v) is 9.81. The molecular weight excluding hydrogens is 362 g/mol. The molecule has 1 amide bonds. The van der Waals surface area contributed by atoms with Crippen molar-refractivity contribution in [1.82, 2.24) is 19.9 Å². The molecule has 2 aromatic heterocycles. The Labute approximate surface area is 172 Å². The van der Waals surface area contributed by atoms with Crippen LogP contribution in [0.5, 0.6) is 0 Å². The lowest BCUT2D eigenvalue weighted by Gasteiger charge is -2.26. The number of benzene rings is 1. The van der Waals surface area contributed by atoms with Crippen LogP contribution in [0.1, 0.15) is 35.5 Å². The molecule has 2 heterocycles. The number of anilines is 1. The second-order valence-corrected chi connectivity index (χ2v) is 7.30. The smallest absolute Gasteiger partial charge is 0.274 e. The Balaban J connectivity index is 1.65. The highest BCUT2D eigenvalue weighted by Gasteiger charge is 2.21. The highest BCUT2D eigenvalue weighted by molar-refractivity contribution is 5.92. The van der Waals surface area contributed by atoms with Gasteiger partial charge in [-0.2, -0.15) is 0 Å². The van der Waals surface area contributed by atoms with E-state index in [1.165, 1.54) is 5.56 Å². The predicted molar refractivity (Wildman–Crippen MR) is 115 cm³/mol. The van der Waals surface area contributed by atoms with Gasteiger partial charge in [-0.1, -0.05) is 30.3 Å². The molecule has 0 unspecified atom stereocenters. The van der Waals surface area contributed by atoms with Gasteiger partial charge in [0.25, 0.3) is 5.91 Å². The largest absolute Gasteiger partial charge is 0.358 e. The molecule has 0 saturated carbocycles. The SMILES string of the molecule is CC(C)N(Cc1ccccc1)C(=O)c1cnc(N(C)CCc2ccncc2)cn1. The van der Waals surface area contributed by atoms with E-state index < -0.39 is 0 Å². The number of rotatable bonds is 8. The molecule has 150 valence electrons. The number of amides is 1. The van der Waals surface area contributed by atoms with Gasteiger partial charge in [0.05, 0.1) is 12.4 Å². The van der Waals surface area contributed by atoms with E-state index in [1.807, 2.05) is 73.2 Å². The Morgan fingerprint density at radius 2 is 1.69 bits per heavy atom. The van der Waals surface area contributed by atoms with E-state index in [9.17, 15) is 4.79 Å². The maximum absolute atomic E-state index is 13.0. The standard InChI is InChI=1S/C23H27N5O/c1-18(2)28(17-20-7-5-4-6-8-20)23(29)21-15-26-22(16-25-21)27(3)14-11-19-9-12-24-13-10-19/h4-10,12-13,15-16,18H,11,14,17H2,1-3H3. The van der Waals surface area contributed by atoms with E-state index in [0.717, 1.165) is 24.3 Å². The van der Waals surface area contributed by atoms with Crippen molar-refractivity contribution < 1.29 is 4.79 Å². The summed E-state index contributed by atoms with van der Waals surface area (Å²) in [6.45, 7) is 5.37. The number of aromatic nitrogens is 3. The number of nitrogens with zero attached hydrogens (tertiary/aromatic N) is 5. The molecule has 0 radical (unpaired) electrons. The second kappa shape index (κ2) is 9.78. The Morgan fingerprint density at radius 1 is 0.966 bits per heavy atom. The molecule has 0 atom stereocenters. The third-order valence-electron chi connectivity index (χ3n) is 4.81. The van der Waals surface area contributed by atoms with Gasteiger partial charge < -0.3 is 9.80 Å². The molecule has 0 aliphatic carbocycles. The van der Waals surface area contributed by atoms with Crippen molar-refractivity contribution in [3.63, 3.8) is 0 Å². The first kappa shape index (κ1) is 20.5. The van der Waals surface area contributed by atoms with Crippen LogP contribution in [0.25, 0.3) is 0 Å². The molecule has 29 heavy (non-hydrogen) atoms. The summed E-state index contributed by atoms with van der Waals surface area (Å²) in [4.78, 5) is 29.7. The van der Waals surface area contributed by atoms with Gasteiger partial charge in [-0.15, -0.1) is 0 Å². The molecule has 3 rings (SSSR count). The number of carbonyl (C=O) groups excluding carboxylic acids is 1. The van der Waals surface area contributed by atoms with Crippen LogP contribution in [0, 0.1) is 0 Å². The topological polar surface area (TPSA) is 62.2 Å². The van der Waals surface area contributed by atoms with Crippen molar-refractivity contribution >= 4 is 11.7 Å². The van der Waals surface area contributed by atoms with Gasteiger partial charge in [0.1, 0.15) is 11.5 Å². The molecule has 0 fully saturated rings. The van der Waals surface area contributed by atoms with Crippen LogP contribution < -0.4 is 4.90 Å². The maximum Gasteiger partial charge on any atom is 0.274 e. The zero-order valence-corrected chi connectivity index (χ0v) is 17.2. The fraction of sp³-hybridized carbons (Fsp3) is 0.304. The number of pyridine rings is 1. The zero-order valence-electron chi connectivity index (χ0n) is 17.2. The number of hydrogen-bond acceptors (Lipinski definition) is 5. The van der Waals surface area contributed by atoms with E-state index in [0.29, 0.717) is 12.2 Å². The Kier molecular flexibility index (Phi) is 6.89. The summed E-state index contributed by atoms with van der Waals surface area (Å²) in [7, 11) is 1.97. The van der Waals surface area contributed by atoms with Crippen LogP contribution >= 0.6 is 0 Å². The van der Waals surface area contributed by atoms with Crippen LogP contribution in [0.3, 0.4) is 0 Å². The molecule has 3 aromatic rings. The minimum absolute atomic E-state index is 0.0622. The summed E-state index contributed by atoms with van der Waals surface area (Å²) >= 11 is 0. The zero-order chi connectivity index (χ0) is 20.6. The van der Waals surface area contributed by atoms with Gasteiger partial charge in [-0.05, 0) is 43.5 Å².